The fraction of sp³-hybridized carbons (Fsp3) is 0.200. The molecule has 1 aliphatic carbocycles. The Morgan fingerprint density at radius 3 is 2.82 bits per heavy atom. The summed E-state index contributed by atoms with van der Waals surface area (Å²) in [6, 6.07) is 4.21. The highest BCUT2D eigenvalue weighted by molar-refractivity contribution is 8.03. The van der Waals surface area contributed by atoms with Crippen LogP contribution in [-0.2, 0) is 0 Å². The van der Waals surface area contributed by atoms with Gasteiger partial charge in [0, 0.05) is 9.80 Å². The molecule has 0 N–H and O–H groups in total. The van der Waals surface area contributed by atoms with Crippen molar-refractivity contribution in [2.75, 3.05) is 5.75 Å². The molecule has 1 aliphatic rings. The topological polar surface area (TPSA) is 38.4 Å². The van der Waals surface area contributed by atoms with Crippen LogP contribution < -0.4 is 0 Å². The zero-order valence-electron chi connectivity index (χ0n) is 15.0. The number of benzene rings is 1. The van der Waals surface area contributed by atoms with Crippen LogP contribution in [0.25, 0.3) is 16.8 Å². The first-order valence-corrected chi connectivity index (χ1v) is 10.2. The van der Waals surface area contributed by atoms with Crippen molar-refractivity contribution in [2.24, 2.45) is 4.99 Å². The molecule has 0 aliphatic heterocycles. The third-order valence-electron chi connectivity index (χ3n) is 3.71. The SMILES string of the molecule is C=N/C(=C(\C=C1\C=CC=CC1)SCC)c1nc2cc(SC(F)(F)F)ccc2o1. The van der Waals surface area contributed by atoms with E-state index in [9.17, 15) is 13.2 Å². The minimum Gasteiger partial charge on any atom is -0.435 e. The van der Waals surface area contributed by atoms with Crippen LogP contribution in [0.2, 0.25) is 0 Å². The smallest absolute Gasteiger partial charge is 0.435 e. The van der Waals surface area contributed by atoms with Crippen LogP contribution in [0.3, 0.4) is 0 Å². The van der Waals surface area contributed by atoms with Gasteiger partial charge in [-0.2, -0.15) is 13.2 Å². The van der Waals surface area contributed by atoms with Crippen molar-refractivity contribution < 1.29 is 17.6 Å². The molecule has 8 heteroatoms. The Bertz CT molecular complexity index is 1000. The second-order valence-corrected chi connectivity index (χ2v) is 8.16. The van der Waals surface area contributed by atoms with Crippen molar-refractivity contribution in [3.8, 4) is 0 Å². The van der Waals surface area contributed by atoms with Crippen molar-refractivity contribution in [3.63, 3.8) is 0 Å². The lowest BCUT2D eigenvalue weighted by atomic mass is 10.1. The van der Waals surface area contributed by atoms with Gasteiger partial charge in [-0.05, 0) is 60.5 Å². The van der Waals surface area contributed by atoms with E-state index in [1.165, 1.54) is 18.2 Å². The van der Waals surface area contributed by atoms with Gasteiger partial charge < -0.3 is 4.42 Å². The first-order chi connectivity index (χ1) is 13.4. The minimum absolute atomic E-state index is 0.0568. The number of rotatable bonds is 6. The van der Waals surface area contributed by atoms with E-state index in [-0.39, 0.29) is 22.5 Å². The molecule has 0 amide bonds. The molecule has 0 saturated heterocycles. The molecule has 0 atom stereocenters. The van der Waals surface area contributed by atoms with Crippen LogP contribution in [0, 0.1) is 0 Å². The average molecular weight is 422 g/mol. The Morgan fingerprint density at radius 1 is 1.36 bits per heavy atom. The maximum Gasteiger partial charge on any atom is 0.446 e. The zero-order valence-corrected chi connectivity index (χ0v) is 16.6. The van der Waals surface area contributed by atoms with Crippen LogP contribution in [-0.4, -0.2) is 23.0 Å². The molecule has 3 nitrogen and oxygen atoms in total. The molecule has 1 aromatic carbocycles. The molecule has 0 bridgehead atoms. The number of halogens is 3. The summed E-state index contributed by atoms with van der Waals surface area (Å²) in [6.45, 7) is 5.66. The Labute approximate surface area is 169 Å². The Morgan fingerprint density at radius 2 is 2.18 bits per heavy atom. The predicted octanol–water partition coefficient (Wildman–Crippen LogP) is 7.00. The third kappa shape index (κ3) is 5.20. The molecule has 28 heavy (non-hydrogen) atoms. The first-order valence-electron chi connectivity index (χ1n) is 8.44. The van der Waals surface area contributed by atoms with E-state index < -0.39 is 5.51 Å². The largest absolute Gasteiger partial charge is 0.446 e. The molecular weight excluding hydrogens is 405 g/mol. The molecule has 2 aromatic rings. The summed E-state index contributed by atoms with van der Waals surface area (Å²) >= 11 is 1.40. The number of thioether (sulfide) groups is 2. The van der Waals surface area contributed by atoms with E-state index >= 15 is 0 Å². The van der Waals surface area contributed by atoms with Crippen molar-refractivity contribution in [1.29, 1.82) is 0 Å². The van der Waals surface area contributed by atoms with Crippen LogP contribution in [0.5, 0.6) is 0 Å². The van der Waals surface area contributed by atoms with Crippen molar-refractivity contribution in [3.05, 3.63) is 64.9 Å². The van der Waals surface area contributed by atoms with Crippen LogP contribution >= 0.6 is 23.5 Å². The fourth-order valence-corrected chi connectivity index (χ4v) is 4.00. The highest BCUT2D eigenvalue weighted by Crippen LogP contribution is 2.38. The Kier molecular flexibility index (Phi) is 6.51. The average Bonchev–Trinajstić information content (AvgIpc) is 3.05. The number of oxazole rings is 1. The van der Waals surface area contributed by atoms with E-state index in [1.807, 2.05) is 31.2 Å². The monoisotopic (exact) mass is 422 g/mol. The number of allylic oxidation sites excluding steroid dienone is 6. The van der Waals surface area contributed by atoms with Gasteiger partial charge in [-0.1, -0.05) is 31.2 Å². The molecule has 0 radical (unpaired) electrons. The maximum absolute atomic E-state index is 12.6. The minimum atomic E-state index is -4.35. The second kappa shape index (κ2) is 8.87. The maximum atomic E-state index is 12.6. The zero-order chi connectivity index (χ0) is 20.1. The van der Waals surface area contributed by atoms with Gasteiger partial charge in [0.2, 0.25) is 5.89 Å². The third-order valence-corrected chi connectivity index (χ3v) is 5.35. The number of aromatic nitrogens is 1. The number of hydrogen-bond donors (Lipinski definition) is 0. The van der Waals surface area contributed by atoms with E-state index in [0.29, 0.717) is 16.8 Å². The van der Waals surface area contributed by atoms with Gasteiger partial charge >= 0.3 is 5.51 Å². The molecule has 0 unspecified atom stereocenters. The summed E-state index contributed by atoms with van der Waals surface area (Å²) in [6.07, 6.45) is 10.8. The Balaban J connectivity index is 2.02. The van der Waals surface area contributed by atoms with Crippen molar-refractivity contribution in [2.45, 2.75) is 23.7 Å². The van der Waals surface area contributed by atoms with E-state index in [1.54, 1.807) is 11.8 Å². The molecule has 1 aromatic heterocycles. The van der Waals surface area contributed by atoms with Gasteiger partial charge in [0.05, 0.1) is 0 Å². The summed E-state index contributed by atoms with van der Waals surface area (Å²) in [5, 5.41) is 0. The van der Waals surface area contributed by atoms with Crippen LogP contribution in [0.1, 0.15) is 19.2 Å². The van der Waals surface area contributed by atoms with Gasteiger partial charge in [0.25, 0.3) is 0 Å². The van der Waals surface area contributed by atoms with Crippen LogP contribution in [0.15, 0.2) is 73.4 Å². The summed E-state index contributed by atoms with van der Waals surface area (Å²) in [7, 11) is 0. The number of nitrogens with zero attached hydrogens (tertiary/aromatic N) is 2. The normalized spacial score (nSPS) is 16.6. The molecular formula is C20H17F3N2OS2. The summed E-state index contributed by atoms with van der Waals surface area (Å²) < 4.78 is 43.6. The van der Waals surface area contributed by atoms with Gasteiger partial charge in [0.1, 0.15) is 11.2 Å². The van der Waals surface area contributed by atoms with Crippen molar-refractivity contribution in [1.82, 2.24) is 4.98 Å². The number of aliphatic imine (C=N–C) groups is 1. The molecule has 0 saturated carbocycles. The molecule has 0 spiro atoms. The fourth-order valence-electron chi connectivity index (χ4n) is 2.60. The quantitative estimate of drug-likeness (QED) is 0.371. The lowest BCUT2D eigenvalue weighted by molar-refractivity contribution is -0.0328. The van der Waals surface area contributed by atoms with Gasteiger partial charge in [-0.3, -0.25) is 4.99 Å². The lowest BCUT2D eigenvalue weighted by Crippen LogP contribution is -1.98. The van der Waals surface area contributed by atoms with Crippen LogP contribution in [0.4, 0.5) is 13.2 Å². The van der Waals surface area contributed by atoms with Gasteiger partial charge in [-0.15, -0.1) is 11.8 Å². The Hall–Kier alpha value is -2.19. The number of fused-ring (bicyclic) bond motifs is 1. The lowest BCUT2D eigenvalue weighted by Gasteiger charge is -2.07. The van der Waals surface area contributed by atoms with Crippen molar-refractivity contribution >= 4 is 47.0 Å². The van der Waals surface area contributed by atoms with Gasteiger partial charge in [-0.25, -0.2) is 4.98 Å². The highest BCUT2D eigenvalue weighted by Gasteiger charge is 2.29. The summed E-state index contributed by atoms with van der Waals surface area (Å²) in [4.78, 5) is 9.37. The summed E-state index contributed by atoms with van der Waals surface area (Å²) in [5.74, 6) is 1.05. The molecule has 1 heterocycles. The van der Waals surface area contributed by atoms with E-state index in [4.69, 9.17) is 4.42 Å². The van der Waals surface area contributed by atoms with Gasteiger partial charge in [0.15, 0.2) is 5.58 Å². The molecule has 0 fully saturated rings. The van der Waals surface area contributed by atoms with E-state index in [0.717, 1.165) is 22.7 Å². The standard InChI is InChI=1S/C20H17F3N2OS2/c1-3-27-17(11-13-7-5-4-6-8-13)18(24-2)19-25-15-12-14(28-20(21,22)23)9-10-16(15)26-19/h4-7,9-12H,2-3,8H2,1H3/b13-11-,18-17+. The number of hydrogen-bond acceptors (Lipinski definition) is 5. The van der Waals surface area contributed by atoms with E-state index in [2.05, 4.69) is 22.8 Å². The summed E-state index contributed by atoms with van der Waals surface area (Å²) in [5.41, 5.74) is -2.02. The first kappa shape index (κ1) is 20.5. The predicted molar refractivity (Wildman–Crippen MR) is 112 cm³/mol. The highest BCUT2D eigenvalue weighted by atomic mass is 32.2. The number of alkyl halides is 3. The second-order valence-electron chi connectivity index (χ2n) is 5.71. The molecule has 146 valence electrons. The molecule has 3 rings (SSSR count).